The van der Waals surface area contributed by atoms with Gasteiger partial charge in [-0.3, -0.25) is 23.2 Å². The summed E-state index contributed by atoms with van der Waals surface area (Å²) < 4.78 is 41.7. The van der Waals surface area contributed by atoms with Crippen molar-refractivity contribution in [1.82, 2.24) is 5.32 Å². The summed E-state index contributed by atoms with van der Waals surface area (Å²) in [5.41, 5.74) is 0. The van der Waals surface area contributed by atoms with Crippen LogP contribution in [0.4, 0.5) is 0 Å². The normalized spacial score (nSPS) is 13.4. The first-order chi connectivity index (χ1) is 27.8. The Hall–Kier alpha value is -1.87. The van der Waals surface area contributed by atoms with E-state index in [1.165, 1.54) is 121 Å². The lowest BCUT2D eigenvalue weighted by atomic mass is 10.1. The molecule has 0 saturated heterocycles. The van der Waals surface area contributed by atoms with Gasteiger partial charge in [0.15, 0.2) is 0 Å². The van der Waals surface area contributed by atoms with Crippen LogP contribution in [0.3, 0.4) is 0 Å². The number of nitrogens with one attached hydrogen (secondary N) is 1. The molecule has 0 aromatic rings. The molecule has 1 amide bonds. The molecular formula is C45H85N2O9P. The summed E-state index contributed by atoms with van der Waals surface area (Å²) in [6, 6.07) is -0.635. The highest BCUT2D eigenvalue weighted by molar-refractivity contribution is 7.48. The van der Waals surface area contributed by atoms with Gasteiger partial charge in [0, 0.05) is 19.3 Å². The summed E-state index contributed by atoms with van der Waals surface area (Å²) >= 11 is 0. The van der Waals surface area contributed by atoms with E-state index in [0.717, 1.165) is 57.8 Å². The molecular weight excluding hydrogens is 743 g/mol. The lowest BCUT2D eigenvalue weighted by Crippen LogP contribution is -2.41. The molecule has 0 fully saturated rings. The maximum atomic E-state index is 13.3. The van der Waals surface area contributed by atoms with Gasteiger partial charge in [-0.25, -0.2) is 14.4 Å². The van der Waals surface area contributed by atoms with Crippen LogP contribution < -0.4 is 5.32 Å². The van der Waals surface area contributed by atoms with Crippen molar-refractivity contribution in [2.24, 2.45) is 4.99 Å². The van der Waals surface area contributed by atoms with Crippen molar-refractivity contribution >= 4 is 25.8 Å². The van der Waals surface area contributed by atoms with Crippen molar-refractivity contribution in [2.75, 3.05) is 39.6 Å². The summed E-state index contributed by atoms with van der Waals surface area (Å²) in [5.74, 6) is -0.284. The second-order valence-electron chi connectivity index (χ2n) is 15.4. The van der Waals surface area contributed by atoms with Gasteiger partial charge < -0.3 is 14.8 Å². The van der Waals surface area contributed by atoms with Gasteiger partial charge in [0.25, 0.3) is 0 Å². The van der Waals surface area contributed by atoms with Gasteiger partial charge >= 0.3 is 13.8 Å². The Kier molecular flexibility index (Phi) is 40.9. The Bertz CT molecular complexity index is 1040. The molecule has 334 valence electrons. The zero-order valence-corrected chi connectivity index (χ0v) is 37.7. The van der Waals surface area contributed by atoms with Crippen LogP contribution in [0.5, 0.6) is 0 Å². The van der Waals surface area contributed by atoms with Crippen molar-refractivity contribution in [3.8, 4) is 0 Å². The fourth-order valence-electron chi connectivity index (χ4n) is 6.56. The minimum Gasteiger partial charge on any atom is -0.462 e. The molecule has 0 aromatic heterocycles. The standard InChI is InChI=1S/C45H85N2O9P/c1-5-9-12-15-17-19-20-22-23-26-29-32-44(49)47-42(40-55-57(51,53-36-8-4)54-38-35-46-41-48)39-52-37-34-43(31-28-25-14-11-7-3)56-45(50)33-30-27-24-21-18-16-13-10-6-2/h8,42-43H,4-7,9-40H2,1-3H3,(H,47,49)/t42-,43-,57?/m1/s1. The smallest absolute Gasteiger partial charge is 0.462 e. The monoisotopic (exact) mass is 829 g/mol. The molecule has 0 aliphatic carbocycles. The Morgan fingerprint density at radius 3 is 1.68 bits per heavy atom. The van der Waals surface area contributed by atoms with E-state index < -0.39 is 13.9 Å². The average molecular weight is 829 g/mol. The van der Waals surface area contributed by atoms with Gasteiger partial charge in [-0.15, -0.1) is 6.58 Å². The van der Waals surface area contributed by atoms with Crippen molar-refractivity contribution < 1.29 is 42.0 Å². The highest BCUT2D eigenvalue weighted by Crippen LogP contribution is 2.49. The van der Waals surface area contributed by atoms with Crippen LogP contribution in [-0.2, 0) is 42.0 Å². The van der Waals surface area contributed by atoms with Crippen LogP contribution in [-0.4, -0.2) is 69.7 Å². The summed E-state index contributed by atoms with van der Waals surface area (Å²) in [4.78, 5) is 39.7. The van der Waals surface area contributed by atoms with E-state index >= 15 is 0 Å². The third kappa shape index (κ3) is 38.1. The van der Waals surface area contributed by atoms with Gasteiger partial charge in [0.2, 0.25) is 12.0 Å². The maximum absolute atomic E-state index is 13.3. The lowest BCUT2D eigenvalue weighted by molar-refractivity contribution is -0.150. The Morgan fingerprint density at radius 1 is 0.649 bits per heavy atom. The zero-order chi connectivity index (χ0) is 41.9. The van der Waals surface area contributed by atoms with Crippen molar-refractivity contribution in [3.63, 3.8) is 0 Å². The number of unbranched alkanes of at least 4 members (excludes halogenated alkanes) is 22. The molecule has 12 heteroatoms. The summed E-state index contributed by atoms with van der Waals surface area (Å²) in [7, 11) is -4.06. The summed E-state index contributed by atoms with van der Waals surface area (Å²) in [6.07, 6.45) is 34.2. The first-order valence-corrected chi connectivity index (χ1v) is 24.5. The zero-order valence-electron chi connectivity index (χ0n) is 36.8. The number of isocyanates is 1. The number of amides is 1. The van der Waals surface area contributed by atoms with E-state index in [0.29, 0.717) is 25.9 Å². The maximum Gasteiger partial charge on any atom is 0.475 e. The van der Waals surface area contributed by atoms with E-state index in [1.54, 1.807) is 0 Å². The highest BCUT2D eigenvalue weighted by Gasteiger charge is 2.28. The largest absolute Gasteiger partial charge is 0.475 e. The molecule has 1 N–H and O–H groups in total. The van der Waals surface area contributed by atoms with Crippen LogP contribution in [0, 0.1) is 0 Å². The molecule has 3 atom stereocenters. The van der Waals surface area contributed by atoms with Crippen molar-refractivity contribution in [3.05, 3.63) is 12.7 Å². The molecule has 1 unspecified atom stereocenters. The number of phosphoric ester groups is 1. The van der Waals surface area contributed by atoms with Crippen molar-refractivity contribution in [1.29, 1.82) is 0 Å². The first-order valence-electron chi connectivity index (χ1n) is 23.1. The van der Waals surface area contributed by atoms with Gasteiger partial charge in [-0.2, -0.15) is 0 Å². The van der Waals surface area contributed by atoms with Crippen molar-refractivity contribution in [2.45, 2.75) is 219 Å². The van der Waals surface area contributed by atoms with Crippen LogP contribution in [0.15, 0.2) is 17.6 Å². The number of rotatable bonds is 45. The van der Waals surface area contributed by atoms with Crippen LogP contribution in [0.1, 0.15) is 207 Å². The topological polar surface area (TPSA) is 139 Å². The fourth-order valence-corrected chi connectivity index (χ4v) is 7.74. The molecule has 0 bridgehead atoms. The number of hydrogen-bond donors (Lipinski definition) is 1. The van der Waals surface area contributed by atoms with Gasteiger partial charge in [-0.05, 0) is 25.7 Å². The highest BCUT2D eigenvalue weighted by atomic mass is 31.2. The number of phosphoric acid groups is 1. The Labute approximate surface area is 348 Å². The molecule has 0 saturated carbocycles. The SMILES string of the molecule is C=CCOP(=O)(OCCN=C=O)OC[C@@H](COCC[C@@H](CCCCCCC)OC(=O)CCCCCCCCCCC)NC(=O)CCCCCCCCCCCCC. The lowest BCUT2D eigenvalue weighted by Gasteiger charge is -2.23. The third-order valence-electron chi connectivity index (χ3n) is 9.99. The minimum atomic E-state index is -4.06. The molecule has 0 aromatic carbocycles. The molecule has 0 spiro atoms. The predicted molar refractivity (Wildman–Crippen MR) is 232 cm³/mol. The van der Waals surface area contributed by atoms with Crippen LogP contribution in [0.2, 0.25) is 0 Å². The summed E-state index contributed by atoms with van der Waals surface area (Å²) in [5, 5.41) is 2.99. The van der Waals surface area contributed by atoms with E-state index in [9.17, 15) is 18.9 Å². The minimum absolute atomic E-state index is 0.0555. The van der Waals surface area contributed by atoms with E-state index in [4.69, 9.17) is 23.0 Å². The molecule has 0 aliphatic rings. The quantitative estimate of drug-likeness (QED) is 0.0159. The third-order valence-corrected chi connectivity index (χ3v) is 11.4. The number of esters is 1. The Balaban J connectivity index is 5.14. The van der Waals surface area contributed by atoms with Crippen LogP contribution >= 0.6 is 7.82 Å². The molecule has 11 nitrogen and oxygen atoms in total. The summed E-state index contributed by atoms with van der Waals surface area (Å²) in [6.45, 7) is 10.2. The number of carbonyl (C=O) groups excluding carboxylic acids is 3. The molecule has 57 heavy (non-hydrogen) atoms. The number of nitrogens with zero attached hydrogens (tertiary/aromatic N) is 1. The van der Waals surface area contributed by atoms with E-state index in [2.05, 4.69) is 37.7 Å². The number of carbonyl (C=O) groups is 2. The van der Waals surface area contributed by atoms with Gasteiger partial charge in [0.1, 0.15) is 6.10 Å². The van der Waals surface area contributed by atoms with Crippen LogP contribution in [0.25, 0.3) is 0 Å². The number of hydrogen-bond acceptors (Lipinski definition) is 10. The number of ether oxygens (including phenoxy) is 2. The van der Waals surface area contributed by atoms with E-state index in [-0.39, 0.29) is 51.0 Å². The van der Waals surface area contributed by atoms with E-state index in [1.807, 2.05) is 0 Å². The first kappa shape index (κ1) is 55.1. The Morgan fingerprint density at radius 2 is 1.16 bits per heavy atom. The fraction of sp³-hybridized carbons (Fsp3) is 0.889. The molecule has 0 aliphatic heterocycles. The molecule has 0 heterocycles. The number of aliphatic imine (C=N–C) groups is 1. The van der Waals surface area contributed by atoms with Gasteiger partial charge in [0.05, 0.1) is 45.6 Å². The average Bonchev–Trinajstić information content (AvgIpc) is 3.20. The second-order valence-corrected chi connectivity index (χ2v) is 17.1. The van der Waals surface area contributed by atoms with Gasteiger partial charge in [-0.1, -0.05) is 168 Å². The second kappa shape index (κ2) is 42.3. The molecule has 0 radical (unpaired) electrons. The molecule has 0 rings (SSSR count). The predicted octanol–water partition coefficient (Wildman–Crippen LogP) is 12.5.